The first kappa shape index (κ1) is 15.7. The second-order valence-electron chi connectivity index (χ2n) is 4.66. The molecule has 0 bridgehead atoms. The van der Waals surface area contributed by atoms with Crippen molar-refractivity contribution in [3.63, 3.8) is 0 Å². The zero-order valence-corrected chi connectivity index (χ0v) is 11.4. The summed E-state index contributed by atoms with van der Waals surface area (Å²) in [4.78, 5) is 4.11. The molecule has 1 aliphatic rings. The lowest BCUT2D eigenvalue weighted by molar-refractivity contribution is -0.149. The highest BCUT2D eigenvalue weighted by atomic mass is 32.1. The fraction of sp³-hybridized carbons (Fsp3) is 0.909. The molecule has 0 aliphatic carbocycles. The summed E-state index contributed by atoms with van der Waals surface area (Å²) in [6.07, 6.45) is -2.55. The van der Waals surface area contributed by atoms with Crippen molar-refractivity contribution >= 4 is 17.2 Å². The van der Waals surface area contributed by atoms with Crippen LogP contribution in [0.15, 0.2) is 0 Å². The first-order chi connectivity index (χ1) is 8.31. The molecule has 1 heterocycles. The van der Waals surface area contributed by atoms with E-state index in [1.165, 1.54) is 4.90 Å². The fourth-order valence-electron chi connectivity index (χ4n) is 2.30. The van der Waals surface area contributed by atoms with Crippen LogP contribution in [0, 0.1) is 0 Å². The van der Waals surface area contributed by atoms with E-state index in [0.717, 1.165) is 6.42 Å². The molecule has 0 aromatic rings. The lowest BCUT2D eigenvalue weighted by atomic mass is 10.1. The van der Waals surface area contributed by atoms with Crippen LogP contribution in [0.4, 0.5) is 13.2 Å². The minimum atomic E-state index is -4.11. The Bertz CT molecular complexity index is 275. The van der Waals surface area contributed by atoms with Crippen LogP contribution >= 0.6 is 12.2 Å². The predicted molar refractivity (Wildman–Crippen MR) is 69.5 cm³/mol. The van der Waals surface area contributed by atoms with E-state index in [1.54, 1.807) is 0 Å². The van der Waals surface area contributed by atoms with E-state index >= 15 is 0 Å². The molecule has 1 unspecified atom stereocenters. The van der Waals surface area contributed by atoms with Crippen molar-refractivity contribution < 1.29 is 13.2 Å². The fourth-order valence-corrected chi connectivity index (χ4v) is 2.50. The molecule has 2 N–H and O–H groups in total. The van der Waals surface area contributed by atoms with Gasteiger partial charge in [-0.3, -0.25) is 9.80 Å². The highest BCUT2D eigenvalue weighted by Gasteiger charge is 2.33. The van der Waals surface area contributed by atoms with Crippen molar-refractivity contribution in [1.29, 1.82) is 0 Å². The van der Waals surface area contributed by atoms with Crippen LogP contribution in [0.5, 0.6) is 0 Å². The average Bonchev–Trinajstić information content (AvgIpc) is 2.24. The zero-order chi connectivity index (χ0) is 13.8. The first-order valence-electron chi connectivity index (χ1n) is 6.13. The van der Waals surface area contributed by atoms with Gasteiger partial charge in [-0.1, -0.05) is 19.1 Å². The molecule has 1 atom stereocenters. The van der Waals surface area contributed by atoms with E-state index in [0.29, 0.717) is 37.6 Å². The molecule has 3 nitrogen and oxygen atoms in total. The molecule has 0 aromatic carbocycles. The molecule has 7 heteroatoms. The third kappa shape index (κ3) is 5.49. The van der Waals surface area contributed by atoms with Crippen molar-refractivity contribution in [2.45, 2.75) is 32.0 Å². The van der Waals surface area contributed by atoms with Crippen LogP contribution < -0.4 is 5.73 Å². The zero-order valence-electron chi connectivity index (χ0n) is 10.5. The van der Waals surface area contributed by atoms with Crippen molar-refractivity contribution in [3.8, 4) is 0 Å². The highest BCUT2D eigenvalue weighted by molar-refractivity contribution is 7.80. The lowest BCUT2D eigenvalue weighted by Gasteiger charge is -2.39. The second-order valence-corrected chi connectivity index (χ2v) is 5.18. The molecular weight excluding hydrogens is 263 g/mol. The van der Waals surface area contributed by atoms with Crippen LogP contribution in [0.3, 0.4) is 0 Å². The highest BCUT2D eigenvalue weighted by Crippen LogP contribution is 2.19. The summed E-state index contributed by atoms with van der Waals surface area (Å²) in [5.74, 6) is 0. The molecule has 18 heavy (non-hydrogen) atoms. The molecule has 1 aliphatic heterocycles. The standard InChI is InChI=1S/C11H20F3N3S/c1-2-9(7-10(15)18)17-5-3-16(4-6-17)8-11(12,13)14/h9H,2-8H2,1H3,(H2,15,18). The summed E-state index contributed by atoms with van der Waals surface area (Å²) in [5.41, 5.74) is 5.53. The molecule has 0 spiro atoms. The van der Waals surface area contributed by atoms with Crippen molar-refractivity contribution in [1.82, 2.24) is 9.80 Å². The van der Waals surface area contributed by atoms with Gasteiger partial charge >= 0.3 is 6.18 Å². The largest absolute Gasteiger partial charge is 0.401 e. The van der Waals surface area contributed by atoms with Gasteiger partial charge in [0.25, 0.3) is 0 Å². The number of hydrogen-bond acceptors (Lipinski definition) is 3. The minimum absolute atomic E-state index is 0.260. The van der Waals surface area contributed by atoms with Gasteiger partial charge in [-0.05, 0) is 6.42 Å². The van der Waals surface area contributed by atoms with Crippen LogP contribution in [-0.4, -0.2) is 59.7 Å². The molecule has 1 rings (SSSR count). The number of hydrogen-bond donors (Lipinski definition) is 1. The summed E-state index contributed by atoms with van der Waals surface area (Å²) in [6, 6.07) is 0.260. The summed E-state index contributed by atoms with van der Waals surface area (Å²) in [7, 11) is 0. The van der Waals surface area contributed by atoms with Gasteiger partial charge in [0.15, 0.2) is 0 Å². The van der Waals surface area contributed by atoms with E-state index < -0.39 is 12.7 Å². The third-order valence-corrected chi connectivity index (χ3v) is 3.40. The van der Waals surface area contributed by atoms with Crippen molar-refractivity contribution in [2.75, 3.05) is 32.7 Å². The molecular formula is C11H20F3N3S. The number of nitrogens with zero attached hydrogens (tertiary/aromatic N) is 2. The molecule has 0 aromatic heterocycles. The quantitative estimate of drug-likeness (QED) is 0.777. The number of rotatable bonds is 5. The van der Waals surface area contributed by atoms with E-state index in [4.69, 9.17) is 18.0 Å². The van der Waals surface area contributed by atoms with Crippen LogP contribution in [-0.2, 0) is 0 Å². The summed E-state index contributed by atoms with van der Waals surface area (Å²) in [5, 5.41) is 0. The maximum Gasteiger partial charge on any atom is 0.401 e. The molecule has 1 saturated heterocycles. The van der Waals surface area contributed by atoms with E-state index in [9.17, 15) is 13.2 Å². The molecule has 1 fully saturated rings. The number of halogens is 3. The van der Waals surface area contributed by atoms with Gasteiger partial charge in [0.05, 0.1) is 11.5 Å². The first-order valence-corrected chi connectivity index (χ1v) is 6.54. The van der Waals surface area contributed by atoms with Gasteiger partial charge in [-0.15, -0.1) is 0 Å². The van der Waals surface area contributed by atoms with Crippen LogP contribution in [0.1, 0.15) is 19.8 Å². The normalized spacial score (nSPS) is 20.9. The van der Waals surface area contributed by atoms with Crippen LogP contribution in [0.25, 0.3) is 0 Å². The number of nitrogens with two attached hydrogens (primary N) is 1. The van der Waals surface area contributed by atoms with Gasteiger partial charge in [-0.25, -0.2) is 0 Å². The van der Waals surface area contributed by atoms with Crippen molar-refractivity contribution in [2.24, 2.45) is 5.73 Å². The minimum Gasteiger partial charge on any atom is -0.393 e. The number of thiocarbonyl (C=S) groups is 1. The predicted octanol–water partition coefficient (Wildman–Crippen LogP) is 1.62. The third-order valence-electron chi connectivity index (χ3n) is 3.23. The molecule has 0 saturated carbocycles. The maximum absolute atomic E-state index is 12.2. The van der Waals surface area contributed by atoms with Crippen molar-refractivity contribution in [3.05, 3.63) is 0 Å². The Labute approximate surface area is 111 Å². The Hall–Kier alpha value is -0.400. The smallest absolute Gasteiger partial charge is 0.393 e. The van der Waals surface area contributed by atoms with E-state index in [2.05, 4.69) is 4.90 Å². The van der Waals surface area contributed by atoms with E-state index in [-0.39, 0.29) is 6.04 Å². The van der Waals surface area contributed by atoms with Gasteiger partial charge in [0, 0.05) is 38.6 Å². The van der Waals surface area contributed by atoms with Gasteiger partial charge in [-0.2, -0.15) is 13.2 Å². The number of piperazine rings is 1. The molecule has 106 valence electrons. The summed E-state index contributed by atoms with van der Waals surface area (Å²) < 4.78 is 36.7. The van der Waals surface area contributed by atoms with Gasteiger partial charge in [0.1, 0.15) is 0 Å². The van der Waals surface area contributed by atoms with Crippen LogP contribution in [0.2, 0.25) is 0 Å². The maximum atomic E-state index is 12.2. The van der Waals surface area contributed by atoms with Gasteiger partial charge in [0.2, 0.25) is 0 Å². The summed E-state index contributed by atoms with van der Waals surface area (Å²) >= 11 is 4.89. The molecule has 0 radical (unpaired) electrons. The second kappa shape index (κ2) is 6.68. The number of alkyl halides is 3. The topological polar surface area (TPSA) is 32.5 Å². The SMILES string of the molecule is CCC(CC(N)=S)N1CCN(CC(F)(F)F)CC1. The Balaban J connectivity index is 2.40. The Morgan fingerprint density at radius 3 is 2.22 bits per heavy atom. The van der Waals surface area contributed by atoms with E-state index in [1.807, 2.05) is 6.92 Å². The Kier molecular flexibility index (Phi) is 5.81. The molecule has 0 amide bonds. The Morgan fingerprint density at radius 2 is 1.83 bits per heavy atom. The lowest BCUT2D eigenvalue weighted by Crippen LogP contribution is -2.52. The van der Waals surface area contributed by atoms with Gasteiger partial charge < -0.3 is 5.73 Å². The average molecular weight is 283 g/mol. The summed E-state index contributed by atoms with van der Waals surface area (Å²) in [6.45, 7) is 3.44. The monoisotopic (exact) mass is 283 g/mol. The Morgan fingerprint density at radius 1 is 1.28 bits per heavy atom.